The first-order valence-electron chi connectivity index (χ1n) is 5.71. The second-order valence-electron chi connectivity index (χ2n) is 4.24. The number of hydrogen-bond donors (Lipinski definition) is 2. The lowest BCUT2D eigenvalue weighted by molar-refractivity contribution is 0.585. The van der Waals surface area contributed by atoms with E-state index in [1.165, 1.54) is 18.2 Å². The molecular weight excluding hydrogens is 302 g/mol. The van der Waals surface area contributed by atoms with Crippen molar-refractivity contribution >= 4 is 40.2 Å². The van der Waals surface area contributed by atoms with Crippen LogP contribution in [0.5, 0.6) is 0 Å². The molecule has 2 nitrogen and oxygen atoms in total. The number of thiocarbonyl (C=S) groups is 1. The van der Waals surface area contributed by atoms with Crippen LogP contribution in [0.3, 0.4) is 0 Å². The summed E-state index contributed by atoms with van der Waals surface area (Å²) in [4.78, 5) is 0.200. The normalized spacial score (nSPS) is 10.4. The molecule has 0 atom stereocenters. The van der Waals surface area contributed by atoms with Crippen molar-refractivity contribution in [2.75, 3.05) is 5.32 Å². The first-order chi connectivity index (χ1) is 9.40. The summed E-state index contributed by atoms with van der Waals surface area (Å²) < 4.78 is 27.6. The van der Waals surface area contributed by atoms with Crippen LogP contribution >= 0.6 is 23.8 Å². The highest BCUT2D eigenvalue weighted by Gasteiger charge is 2.13. The Morgan fingerprint density at radius 1 is 1.25 bits per heavy atom. The van der Waals surface area contributed by atoms with Crippen molar-refractivity contribution in [3.63, 3.8) is 0 Å². The van der Waals surface area contributed by atoms with Crippen LogP contribution in [0.2, 0.25) is 5.02 Å². The van der Waals surface area contributed by atoms with E-state index in [1.54, 1.807) is 19.1 Å². The Balaban J connectivity index is 2.41. The molecule has 0 aliphatic heterocycles. The SMILES string of the molecule is Cc1ccc(F)c(Nc2ccc(C(N)=S)cc2Cl)c1F. The number of hydrogen-bond acceptors (Lipinski definition) is 2. The van der Waals surface area contributed by atoms with E-state index in [-0.39, 0.29) is 15.7 Å². The molecule has 0 aromatic heterocycles. The molecule has 0 unspecified atom stereocenters. The van der Waals surface area contributed by atoms with Gasteiger partial charge < -0.3 is 11.1 Å². The minimum atomic E-state index is -0.692. The third-order valence-corrected chi connectivity index (χ3v) is 3.35. The van der Waals surface area contributed by atoms with Crippen molar-refractivity contribution in [3.05, 3.63) is 58.1 Å². The molecule has 0 fully saturated rings. The maximum atomic E-state index is 13.9. The van der Waals surface area contributed by atoms with Crippen molar-refractivity contribution in [2.45, 2.75) is 6.92 Å². The van der Waals surface area contributed by atoms with Crippen molar-refractivity contribution in [3.8, 4) is 0 Å². The van der Waals surface area contributed by atoms with Crippen molar-refractivity contribution in [1.29, 1.82) is 0 Å². The lowest BCUT2D eigenvalue weighted by Gasteiger charge is -2.12. The summed E-state index contributed by atoms with van der Waals surface area (Å²) in [5.41, 5.74) is 6.54. The van der Waals surface area contributed by atoms with Crippen LogP contribution in [0, 0.1) is 18.6 Å². The standard InChI is InChI=1S/C14H11ClF2N2S/c1-7-2-4-10(16)13(12(7)17)19-11-5-3-8(14(18)20)6-9(11)15/h2-6,19H,1H3,(H2,18,20). The van der Waals surface area contributed by atoms with Gasteiger partial charge in [0.1, 0.15) is 16.5 Å². The van der Waals surface area contributed by atoms with Gasteiger partial charge in [-0.25, -0.2) is 8.78 Å². The van der Waals surface area contributed by atoms with Crippen molar-refractivity contribution < 1.29 is 8.78 Å². The zero-order chi connectivity index (χ0) is 14.9. The average Bonchev–Trinajstić information content (AvgIpc) is 2.40. The van der Waals surface area contributed by atoms with Gasteiger partial charge in [-0.1, -0.05) is 29.9 Å². The number of benzene rings is 2. The molecule has 0 aliphatic carbocycles. The Labute approximate surface area is 125 Å². The van der Waals surface area contributed by atoms with Crippen LogP contribution in [0.25, 0.3) is 0 Å². The molecule has 104 valence electrons. The van der Waals surface area contributed by atoms with Crippen LogP contribution in [0.15, 0.2) is 30.3 Å². The lowest BCUT2D eigenvalue weighted by atomic mass is 10.1. The van der Waals surface area contributed by atoms with Gasteiger partial charge in [0, 0.05) is 5.56 Å². The molecule has 0 bridgehead atoms. The molecule has 20 heavy (non-hydrogen) atoms. The number of aryl methyl sites for hydroxylation is 1. The molecule has 0 saturated carbocycles. The average molecular weight is 313 g/mol. The molecule has 0 heterocycles. The zero-order valence-corrected chi connectivity index (χ0v) is 12.1. The number of rotatable bonds is 3. The topological polar surface area (TPSA) is 38.0 Å². The summed E-state index contributed by atoms with van der Waals surface area (Å²) in [7, 11) is 0. The quantitative estimate of drug-likeness (QED) is 0.830. The van der Waals surface area contributed by atoms with Crippen LogP contribution in [0.4, 0.5) is 20.2 Å². The van der Waals surface area contributed by atoms with E-state index in [9.17, 15) is 8.78 Å². The van der Waals surface area contributed by atoms with Gasteiger partial charge in [0.05, 0.1) is 10.7 Å². The zero-order valence-electron chi connectivity index (χ0n) is 10.5. The molecule has 0 aliphatic rings. The van der Waals surface area contributed by atoms with E-state index in [2.05, 4.69) is 5.32 Å². The first kappa shape index (κ1) is 14.7. The second kappa shape index (κ2) is 5.73. The molecule has 0 spiro atoms. The number of nitrogens with one attached hydrogen (secondary N) is 1. The van der Waals surface area contributed by atoms with Crippen LogP contribution < -0.4 is 11.1 Å². The van der Waals surface area contributed by atoms with Gasteiger partial charge in [-0.3, -0.25) is 0 Å². The fourth-order valence-electron chi connectivity index (χ4n) is 1.68. The predicted octanol–water partition coefficient (Wildman–Crippen LogP) is 4.30. The Morgan fingerprint density at radius 2 is 1.95 bits per heavy atom. The summed E-state index contributed by atoms with van der Waals surface area (Å²) >= 11 is 10.9. The Kier molecular flexibility index (Phi) is 4.20. The highest BCUT2D eigenvalue weighted by atomic mass is 35.5. The second-order valence-corrected chi connectivity index (χ2v) is 5.08. The number of halogens is 3. The van der Waals surface area contributed by atoms with Crippen molar-refractivity contribution in [1.82, 2.24) is 0 Å². The summed E-state index contributed by atoms with van der Waals surface area (Å²) in [6.45, 7) is 1.55. The minimum Gasteiger partial charge on any atom is -0.389 e. The van der Waals surface area contributed by atoms with E-state index >= 15 is 0 Å². The predicted molar refractivity (Wildman–Crippen MR) is 81.7 cm³/mol. The van der Waals surface area contributed by atoms with Gasteiger partial charge >= 0.3 is 0 Å². The van der Waals surface area contributed by atoms with Gasteiger partial charge in [-0.15, -0.1) is 0 Å². The third kappa shape index (κ3) is 2.89. The van der Waals surface area contributed by atoms with Gasteiger partial charge in [0.15, 0.2) is 5.82 Å². The fourth-order valence-corrected chi connectivity index (χ4v) is 2.03. The monoisotopic (exact) mass is 312 g/mol. The van der Waals surface area contributed by atoms with Gasteiger partial charge in [-0.05, 0) is 36.8 Å². The van der Waals surface area contributed by atoms with Crippen LogP contribution in [0.1, 0.15) is 11.1 Å². The van der Waals surface area contributed by atoms with E-state index in [4.69, 9.17) is 29.6 Å². The van der Waals surface area contributed by atoms with Gasteiger partial charge in [0.2, 0.25) is 0 Å². The smallest absolute Gasteiger partial charge is 0.152 e. The van der Waals surface area contributed by atoms with Gasteiger partial charge in [-0.2, -0.15) is 0 Å². The fraction of sp³-hybridized carbons (Fsp3) is 0.0714. The maximum absolute atomic E-state index is 13.9. The molecule has 6 heteroatoms. The lowest BCUT2D eigenvalue weighted by Crippen LogP contribution is -2.09. The molecule has 0 saturated heterocycles. The first-order valence-corrected chi connectivity index (χ1v) is 6.49. The Bertz CT molecular complexity index is 689. The Hall–Kier alpha value is -1.72. The molecule has 3 N–H and O–H groups in total. The minimum absolute atomic E-state index is 0.200. The number of nitrogens with two attached hydrogens (primary N) is 1. The van der Waals surface area contributed by atoms with Crippen LogP contribution in [-0.4, -0.2) is 4.99 Å². The molecular formula is C14H11ClF2N2S. The third-order valence-electron chi connectivity index (χ3n) is 2.80. The summed E-state index contributed by atoms with van der Waals surface area (Å²) in [5.74, 6) is -1.35. The van der Waals surface area contributed by atoms with E-state index in [1.807, 2.05) is 0 Å². The van der Waals surface area contributed by atoms with E-state index < -0.39 is 11.6 Å². The van der Waals surface area contributed by atoms with Crippen molar-refractivity contribution in [2.24, 2.45) is 5.73 Å². The molecule has 2 aromatic rings. The van der Waals surface area contributed by atoms with E-state index in [0.717, 1.165) is 0 Å². The molecule has 2 rings (SSSR count). The highest BCUT2D eigenvalue weighted by Crippen LogP contribution is 2.30. The summed E-state index contributed by atoms with van der Waals surface area (Å²) in [5, 5.41) is 2.92. The molecule has 0 amide bonds. The maximum Gasteiger partial charge on any atom is 0.152 e. The molecule has 0 radical (unpaired) electrons. The largest absolute Gasteiger partial charge is 0.389 e. The highest BCUT2D eigenvalue weighted by molar-refractivity contribution is 7.80. The van der Waals surface area contributed by atoms with E-state index in [0.29, 0.717) is 16.8 Å². The summed E-state index contributed by atoms with van der Waals surface area (Å²) in [6, 6.07) is 7.30. The van der Waals surface area contributed by atoms with Crippen LogP contribution in [-0.2, 0) is 0 Å². The number of anilines is 2. The molecule has 2 aromatic carbocycles. The summed E-state index contributed by atoms with van der Waals surface area (Å²) in [6.07, 6.45) is 0. The van der Waals surface area contributed by atoms with Gasteiger partial charge in [0.25, 0.3) is 0 Å². The Morgan fingerprint density at radius 3 is 2.55 bits per heavy atom.